The van der Waals surface area contributed by atoms with Crippen LogP contribution in [0.15, 0.2) is 53.1 Å². The van der Waals surface area contributed by atoms with Gasteiger partial charge >= 0.3 is 6.09 Å². The Hall–Kier alpha value is -3.35. The Morgan fingerprint density at radius 2 is 1.70 bits per heavy atom. The van der Waals surface area contributed by atoms with E-state index in [1.54, 1.807) is 0 Å². The highest BCUT2D eigenvalue weighted by atomic mass is 16.5. The maximum atomic E-state index is 11.8. The Balaban J connectivity index is 1.52. The maximum absolute atomic E-state index is 11.8. The van der Waals surface area contributed by atoms with Crippen LogP contribution in [-0.2, 0) is 16.8 Å². The number of benzene rings is 2. The number of aromatic nitrogens is 2. The van der Waals surface area contributed by atoms with Crippen LogP contribution >= 0.6 is 0 Å². The number of rotatable bonds is 8. The van der Waals surface area contributed by atoms with Crippen molar-refractivity contribution in [3.05, 3.63) is 65.5 Å². The summed E-state index contributed by atoms with van der Waals surface area (Å²) < 4.78 is 16.3. The number of amides is 1. The Bertz CT molecular complexity index is 1030. The minimum Gasteiger partial charge on any atom is -0.485 e. The summed E-state index contributed by atoms with van der Waals surface area (Å²) in [4.78, 5) is 16.3. The lowest BCUT2D eigenvalue weighted by Gasteiger charge is -2.18. The second-order valence-corrected chi connectivity index (χ2v) is 9.56. The van der Waals surface area contributed by atoms with Gasteiger partial charge in [0.25, 0.3) is 5.89 Å². The number of carbonyl (C=O) groups excluding carboxylic acids is 1. The number of alkyl carbamates (subject to hydrolysis) is 1. The van der Waals surface area contributed by atoms with E-state index < -0.39 is 6.09 Å². The number of ether oxygens (including phenoxy) is 2. The molecule has 0 spiro atoms. The molecule has 2 aromatic carbocycles. The fourth-order valence-corrected chi connectivity index (χ4v) is 3.09. The first-order valence-corrected chi connectivity index (χ1v) is 11.2. The van der Waals surface area contributed by atoms with E-state index in [1.807, 2.05) is 57.2 Å². The highest BCUT2D eigenvalue weighted by Crippen LogP contribution is 2.25. The fraction of sp³-hybridized carbons (Fsp3) is 0.423. The van der Waals surface area contributed by atoms with Gasteiger partial charge in [-0.3, -0.25) is 0 Å². The highest BCUT2D eigenvalue weighted by Gasteiger charge is 2.15. The summed E-state index contributed by atoms with van der Waals surface area (Å²) in [5.41, 5.74) is 3.16. The normalized spacial score (nSPS) is 12.5. The van der Waals surface area contributed by atoms with Crippen LogP contribution in [0.3, 0.4) is 0 Å². The van der Waals surface area contributed by atoms with E-state index in [-0.39, 0.29) is 18.1 Å². The molecule has 7 nitrogen and oxygen atoms in total. The van der Waals surface area contributed by atoms with Crippen molar-refractivity contribution in [3.63, 3.8) is 0 Å². The van der Waals surface area contributed by atoms with Gasteiger partial charge in [0.1, 0.15) is 5.75 Å². The number of nitrogens with zero attached hydrogens (tertiary/aromatic N) is 2. The molecule has 0 saturated carbocycles. The first-order chi connectivity index (χ1) is 15.6. The van der Waals surface area contributed by atoms with Gasteiger partial charge in [-0.2, -0.15) is 4.98 Å². The van der Waals surface area contributed by atoms with Crippen LogP contribution in [0, 0.1) is 5.92 Å². The largest absolute Gasteiger partial charge is 0.485 e. The molecule has 3 rings (SSSR count). The third-order valence-electron chi connectivity index (χ3n) is 5.10. The van der Waals surface area contributed by atoms with E-state index in [4.69, 9.17) is 14.0 Å². The zero-order valence-corrected chi connectivity index (χ0v) is 20.2. The topological polar surface area (TPSA) is 86.5 Å². The molecule has 0 bridgehead atoms. The van der Waals surface area contributed by atoms with Crippen molar-refractivity contribution in [1.82, 2.24) is 15.5 Å². The second kappa shape index (κ2) is 10.5. The van der Waals surface area contributed by atoms with Crippen molar-refractivity contribution >= 4 is 6.09 Å². The van der Waals surface area contributed by atoms with Crippen LogP contribution in [0.1, 0.15) is 64.5 Å². The van der Waals surface area contributed by atoms with Gasteiger partial charge in [0.15, 0.2) is 6.61 Å². The molecule has 176 valence electrons. The van der Waals surface area contributed by atoms with Crippen molar-refractivity contribution in [2.45, 2.75) is 59.6 Å². The standard InChI is InChI=1S/C26H33N3O4/c1-17(2)15-32-25(30)27-18(3)19-9-13-22(14-10-19)31-16-23-28-24(33-29-23)20-7-11-21(12-8-20)26(4,5)6/h7-14,17-18H,15-16H2,1-6H3,(H,27,30)/t18-/m0/s1. The lowest BCUT2D eigenvalue weighted by atomic mass is 9.87. The predicted octanol–water partition coefficient (Wildman–Crippen LogP) is 6.06. The zero-order valence-electron chi connectivity index (χ0n) is 20.2. The first-order valence-electron chi connectivity index (χ1n) is 11.2. The molecule has 1 heterocycles. The average Bonchev–Trinajstić information content (AvgIpc) is 3.25. The molecule has 0 saturated heterocycles. The van der Waals surface area contributed by atoms with E-state index in [2.05, 4.69) is 48.4 Å². The minimum absolute atomic E-state index is 0.0901. The Morgan fingerprint density at radius 3 is 2.30 bits per heavy atom. The molecule has 1 N–H and O–H groups in total. The van der Waals surface area contributed by atoms with E-state index in [9.17, 15) is 4.79 Å². The van der Waals surface area contributed by atoms with Gasteiger partial charge in [-0.25, -0.2) is 4.79 Å². The molecule has 33 heavy (non-hydrogen) atoms. The molecule has 1 amide bonds. The van der Waals surface area contributed by atoms with Gasteiger partial charge < -0.3 is 19.3 Å². The molecule has 7 heteroatoms. The van der Waals surface area contributed by atoms with Crippen molar-refractivity contribution in [2.75, 3.05) is 6.61 Å². The van der Waals surface area contributed by atoms with Crippen molar-refractivity contribution in [3.8, 4) is 17.2 Å². The molecule has 3 aromatic rings. The summed E-state index contributed by atoms with van der Waals surface area (Å²) >= 11 is 0. The molecule has 0 fully saturated rings. The average molecular weight is 452 g/mol. The zero-order chi connectivity index (χ0) is 24.0. The van der Waals surface area contributed by atoms with E-state index in [1.165, 1.54) is 5.56 Å². The quantitative estimate of drug-likeness (QED) is 0.448. The third kappa shape index (κ3) is 7.07. The monoisotopic (exact) mass is 451 g/mol. The van der Waals surface area contributed by atoms with Crippen LogP contribution < -0.4 is 10.1 Å². The maximum Gasteiger partial charge on any atom is 0.407 e. The van der Waals surface area contributed by atoms with Gasteiger partial charge in [-0.05, 0) is 53.6 Å². The number of hydrogen-bond donors (Lipinski definition) is 1. The molecule has 0 aliphatic heterocycles. The molecule has 1 aromatic heterocycles. The van der Waals surface area contributed by atoms with E-state index in [0.717, 1.165) is 11.1 Å². The number of nitrogens with one attached hydrogen (secondary N) is 1. The Labute approximate surface area is 195 Å². The van der Waals surface area contributed by atoms with E-state index >= 15 is 0 Å². The van der Waals surface area contributed by atoms with E-state index in [0.29, 0.717) is 30.0 Å². The van der Waals surface area contributed by atoms with Crippen LogP contribution in [0.25, 0.3) is 11.5 Å². The molecular formula is C26H33N3O4. The summed E-state index contributed by atoms with van der Waals surface area (Å²) in [5, 5.41) is 6.84. The first kappa shape index (κ1) is 24.3. The molecule has 0 radical (unpaired) electrons. The van der Waals surface area contributed by atoms with Crippen molar-refractivity contribution in [1.29, 1.82) is 0 Å². The Kier molecular flexibility index (Phi) is 7.74. The summed E-state index contributed by atoms with van der Waals surface area (Å²) in [5.74, 6) is 1.91. The summed E-state index contributed by atoms with van der Waals surface area (Å²) in [6.45, 7) is 13.0. The van der Waals surface area contributed by atoms with Gasteiger partial charge in [-0.15, -0.1) is 0 Å². The second-order valence-electron chi connectivity index (χ2n) is 9.56. The molecule has 1 atom stereocenters. The van der Waals surface area contributed by atoms with Crippen LogP contribution in [0.2, 0.25) is 0 Å². The van der Waals surface area contributed by atoms with Gasteiger partial charge in [0, 0.05) is 5.56 Å². The van der Waals surface area contributed by atoms with Crippen molar-refractivity contribution < 1.29 is 18.8 Å². The SMILES string of the molecule is CC(C)COC(=O)N[C@@H](C)c1ccc(OCc2noc(-c3ccc(C(C)(C)C)cc3)n2)cc1. The van der Waals surface area contributed by atoms with Crippen molar-refractivity contribution in [2.24, 2.45) is 5.92 Å². The number of carbonyl (C=O) groups is 1. The molecule has 0 aliphatic carbocycles. The third-order valence-corrected chi connectivity index (χ3v) is 5.10. The fourth-order valence-electron chi connectivity index (χ4n) is 3.09. The van der Waals surface area contributed by atoms with Gasteiger partial charge in [-0.1, -0.05) is 64.0 Å². The number of hydrogen-bond acceptors (Lipinski definition) is 6. The lowest BCUT2D eigenvalue weighted by Crippen LogP contribution is -2.28. The smallest absolute Gasteiger partial charge is 0.407 e. The molecule has 0 aliphatic rings. The summed E-state index contributed by atoms with van der Waals surface area (Å²) in [7, 11) is 0. The van der Waals surface area contributed by atoms with Gasteiger partial charge in [0.2, 0.25) is 5.82 Å². The van der Waals surface area contributed by atoms with Crippen LogP contribution in [0.5, 0.6) is 5.75 Å². The highest BCUT2D eigenvalue weighted by molar-refractivity contribution is 5.67. The summed E-state index contributed by atoms with van der Waals surface area (Å²) in [6.07, 6.45) is -0.419. The summed E-state index contributed by atoms with van der Waals surface area (Å²) in [6, 6.07) is 15.5. The van der Waals surface area contributed by atoms with Gasteiger partial charge in [0.05, 0.1) is 12.6 Å². The van der Waals surface area contributed by atoms with Crippen LogP contribution in [-0.4, -0.2) is 22.8 Å². The van der Waals surface area contributed by atoms with Crippen LogP contribution in [0.4, 0.5) is 4.79 Å². The molecular weight excluding hydrogens is 418 g/mol. The molecule has 0 unspecified atom stereocenters. The Morgan fingerprint density at radius 1 is 1.03 bits per heavy atom. The predicted molar refractivity (Wildman–Crippen MR) is 127 cm³/mol. The minimum atomic E-state index is -0.419. The lowest BCUT2D eigenvalue weighted by molar-refractivity contribution is 0.130.